The third-order valence-corrected chi connectivity index (χ3v) is 5.59. The molecule has 4 rings (SSSR count). The second kappa shape index (κ2) is 9.84. The normalized spacial score (nSPS) is 10.9. The molecule has 0 radical (unpaired) electrons. The van der Waals surface area contributed by atoms with Crippen LogP contribution >= 0.6 is 0 Å². The predicted octanol–water partition coefficient (Wildman–Crippen LogP) is 6.17. The van der Waals surface area contributed by atoms with Gasteiger partial charge in [-0.1, -0.05) is 36.4 Å². The monoisotopic (exact) mass is 438 g/mol. The van der Waals surface area contributed by atoms with E-state index in [-0.39, 0.29) is 0 Å². The smallest absolute Gasteiger partial charge is 0.0855 e. The molecule has 0 saturated heterocycles. The van der Waals surface area contributed by atoms with Gasteiger partial charge in [0.2, 0.25) is 0 Å². The zero-order valence-electron chi connectivity index (χ0n) is 19.7. The van der Waals surface area contributed by atoms with Crippen LogP contribution in [-0.2, 0) is 4.74 Å². The van der Waals surface area contributed by atoms with Crippen molar-refractivity contribution >= 4 is 28.0 Å². The lowest BCUT2D eigenvalue weighted by Crippen LogP contribution is -2.17. The summed E-state index contributed by atoms with van der Waals surface area (Å²) < 4.78 is 5.06. The van der Waals surface area contributed by atoms with Gasteiger partial charge in [-0.15, -0.1) is 0 Å². The summed E-state index contributed by atoms with van der Waals surface area (Å²) in [6.07, 6.45) is 1.88. The second-order valence-corrected chi connectivity index (χ2v) is 8.32. The van der Waals surface area contributed by atoms with Crippen LogP contribution in [0.4, 0.5) is 11.4 Å². The Morgan fingerprint density at radius 2 is 1.73 bits per heavy atom. The average molecular weight is 439 g/mol. The van der Waals surface area contributed by atoms with Gasteiger partial charge < -0.3 is 15.4 Å². The van der Waals surface area contributed by atoms with E-state index in [2.05, 4.69) is 84.6 Å². The highest BCUT2D eigenvalue weighted by Crippen LogP contribution is 2.30. The van der Waals surface area contributed by atoms with Crippen LogP contribution in [0.1, 0.15) is 22.5 Å². The molecular weight excluding hydrogens is 408 g/mol. The van der Waals surface area contributed by atoms with Crippen molar-refractivity contribution in [1.29, 1.82) is 0 Å². The van der Waals surface area contributed by atoms with Crippen LogP contribution in [0.2, 0.25) is 0 Å². The molecule has 0 unspecified atom stereocenters. The molecule has 0 spiro atoms. The number of anilines is 2. The maximum Gasteiger partial charge on any atom is 0.0855 e. The summed E-state index contributed by atoms with van der Waals surface area (Å²) in [4.78, 5) is 9.31. The fourth-order valence-corrected chi connectivity index (χ4v) is 3.95. The number of nitrogens with zero attached hydrogens (tertiary/aromatic N) is 2. The third-order valence-electron chi connectivity index (χ3n) is 5.59. The maximum absolute atomic E-state index is 5.06. The van der Waals surface area contributed by atoms with E-state index in [0.717, 1.165) is 50.5 Å². The van der Waals surface area contributed by atoms with E-state index >= 15 is 0 Å². The Hall–Kier alpha value is -3.70. The predicted molar refractivity (Wildman–Crippen MR) is 138 cm³/mol. The van der Waals surface area contributed by atoms with Crippen molar-refractivity contribution in [3.63, 3.8) is 0 Å². The topological polar surface area (TPSA) is 59.1 Å². The molecule has 0 saturated carbocycles. The largest absolute Gasteiger partial charge is 0.383 e. The number of aromatic nitrogens is 2. The molecule has 2 aromatic heterocycles. The van der Waals surface area contributed by atoms with E-state index in [4.69, 9.17) is 9.72 Å². The van der Waals surface area contributed by atoms with E-state index < -0.39 is 0 Å². The molecule has 0 aliphatic rings. The van der Waals surface area contributed by atoms with Gasteiger partial charge in [0, 0.05) is 47.9 Å². The van der Waals surface area contributed by atoms with Crippen LogP contribution in [0, 0.1) is 20.8 Å². The molecule has 2 heterocycles. The van der Waals surface area contributed by atoms with Crippen molar-refractivity contribution in [3.05, 3.63) is 89.9 Å². The number of hydrogen-bond donors (Lipinski definition) is 2. The molecule has 0 atom stereocenters. The van der Waals surface area contributed by atoms with Gasteiger partial charge in [0.15, 0.2) is 0 Å². The summed E-state index contributed by atoms with van der Waals surface area (Å²) in [5, 5.41) is 7.94. The summed E-state index contributed by atoms with van der Waals surface area (Å²) in [6.45, 7) is 11.7. The van der Waals surface area contributed by atoms with Gasteiger partial charge in [-0.05, 0) is 62.2 Å². The standard InChI is InChI=1S/C28H30N4O/c1-18-14-19(2)28-25(15-18)27(16-20(3)31-28)32-24-9-6-22(7-10-24)23-8-11-26(30-17-23)21(4)29-12-13-33-5/h6-11,14-17,29H,4,12-13H2,1-3,5H3,(H,31,32). The number of pyridine rings is 2. The minimum Gasteiger partial charge on any atom is -0.383 e. The summed E-state index contributed by atoms with van der Waals surface area (Å²) >= 11 is 0. The number of fused-ring (bicyclic) bond motifs is 1. The highest BCUT2D eigenvalue weighted by Gasteiger charge is 2.09. The first-order chi connectivity index (χ1) is 15.9. The lowest BCUT2D eigenvalue weighted by Gasteiger charge is -2.14. The Labute approximate surface area is 195 Å². The van der Waals surface area contributed by atoms with Crippen LogP contribution in [0.15, 0.2) is 67.4 Å². The summed E-state index contributed by atoms with van der Waals surface area (Å²) in [7, 11) is 1.68. The molecule has 2 aromatic carbocycles. The third kappa shape index (κ3) is 5.21. The molecule has 33 heavy (non-hydrogen) atoms. The number of rotatable bonds is 8. The minimum atomic E-state index is 0.631. The van der Waals surface area contributed by atoms with Crippen molar-refractivity contribution in [3.8, 4) is 11.1 Å². The number of ether oxygens (including phenoxy) is 1. The summed E-state index contributed by atoms with van der Waals surface area (Å²) in [5.74, 6) is 0. The Morgan fingerprint density at radius 3 is 2.42 bits per heavy atom. The first kappa shape index (κ1) is 22.5. The lowest BCUT2D eigenvalue weighted by atomic mass is 10.0. The highest BCUT2D eigenvalue weighted by molar-refractivity contribution is 5.95. The molecular formula is C28H30N4O. The van der Waals surface area contributed by atoms with E-state index in [0.29, 0.717) is 13.2 Å². The van der Waals surface area contributed by atoms with Crippen molar-refractivity contribution in [1.82, 2.24) is 15.3 Å². The number of aryl methyl sites for hydroxylation is 3. The Bertz CT molecular complexity index is 1280. The van der Waals surface area contributed by atoms with Gasteiger partial charge in [-0.3, -0.25) is 9.97 Å². The fraction of sp³-hybridized carbons (Fsp3) is 0.214. The molecule has 0 amide bonds. The molecule has 168 valence electrons. The Morgan fingerprint density at radius 1 is 0.970 bits per heavy atom. The Balaban J connectivity index is 1.52. The van der Waals surface area contributed by atoms with Gasteiger partial charge in [0.05, 0.1) is 23.5 Å². The first-order valence-electron chi connectivity index (χ1n) is 11.1. The van der Waals surface area contributed by atoms with Crippen LogP contribution in [-0.4, -0.2) is 30.2 Å². The van der Waals surface area contributed by atoms with Crippen molar-refractivity contribution in [2.75, 3.05) is 25.6 Å². The zero-order chi connectivity index (χ0) is 23.4. The molecule has 0 aliphatic carbocycles. The van der Waals surface area contributed by atoms with Gasteiger partial charge >= 0.3 is 0 Å². The van der Waals surface area contributed by atoms with E-state index in [1.807, 2.05) is 19.2 Å². The molecule has 0 bridgehead atoms. The lowest BCUT2D eigenvalue weighted by molar-refractivity contribution is 0.203. The van der Waals surface area contributed by atoms with Crippen molar-refractivity contribution in [2.24, 2.45) is 0 Å². The molecule has 0 fully saturated rings. The second-order valence-electron chi connectivity index (χ2n) is 8.32. The molecule has 0 aliphatic heterocycles. The molecule has 5 heteroatoms. The van der Waals surface area contributed by atoms with Crippen LogP contribution in [0.5, 0.6) is 0 Å². The van der Waals surface area contributed by atoms with E-state index in [9.17, 15) is 0 Å². The van der Waals surface area contributed by atoms with Crippen molar-refractivity contribution < 1.29 is 4.74 Å². The fourth-order valence-electron chi connectivity index (χ4n) is 3.95. The number of methoxy groups -OCH3 is 1. The SMILES string of the molecule is C=C(NCCOC)c1ccc(-c2ccc(Nc3cc(C)nc4c(C)cc(C)cc34)cc2)cn1. The number of hydrogen-bond acceptors (Lipinski definition) is 5. The molecule has 5 nitrogen and oxygen atoms in total. The zero-order valence-corrected chi connectivity index (χ0v) is 19.7. The highest BCUT2D eigenvalue weighted by atomic mass is 16.5. The summed E-state index contributed by atoms with van der Waals surface area (Å²) in [5.41, 5.74) is 10.4. The first-order valence-corrected chi connectivity index (χ1v) is 11.1. The average Bonchev–Trinajstić information content (AvgIpc) is 2.80. The van der Waals surface area contributed by atoms with Crippen LogP contribution in [0.3, 0.4) is 0 Å². The molecule has 2 N–H and O–H groups in total. The Kier molecular flexibility index (Phi) is 6.71. The van der Waals surface area contributed by atoms with Crippen LogP contribution < -0.4 is 10.6 Å². The van der Waals surface area contributed by atoms with E-state index in [1.54, 1.807) is 7.11 Å². The van der Waals surface area contributed by atoms with E-state index in [1.165, 1.54) is 11.1 Å². The number of benzene rings is 2. The van der Waals surface area contributed by atoms with Gasteiger partial charge in [0.25, 0.3) is 0 Å². The van der Waals surface area contributed by atoms with Crippen molar-refractivity contribution in [2.45, 2.75) is 20.8 Å². The van der Waals surface area contributed by atoms with Gasteiger partial charge in [-0.2, -0.15) is 0 Å². The minimum absolute atomic E-state index is 0.631. The maximum atomic E-state index is 5.06. The van der Waals surface area contributed by atoms with Gasteiger partial charge in [0.1, 0.15) is 0 Å². The van der Waals surface area contributed by atoms with Gasteiger partial charge in [-0.25, -0.2) is 0 Å². The number of nitrogens with one attached hydrogen (secondary N) is 2. The molecule has 4 aromatic rings. The quantitative estimate of drug-likeness (QED) is 0.322. The summed E-state index contributed by atoms with van der Waals surface area (Å²) in [6, 6.07) is 18.9. The van der Waals surface area contributed by atoms with Crippen LogP contribution in [0.25, 0.3) is 27.7 Å².